The van der Waals surface area contributed by atoms with Gasteiger partial charge in [0.15, 0.2) is 0 Å². The number of ether oxygens (including phenoxy) is 1. The minimum absolute atomic E-state index is 0.508. The number of methoxy groups -OCH3 is 1. The van der Waals surface area contributed by atoms with E-state index in [1.54, 1.807) is 6.08 Å². The number of hydrogen-bond acceptors (Lipinski definition) is 3. The molecule has 4 aromatic rings. The summed E-state index contributed by atoms with van der Waals surface area (Å²) < 4.78 is 5.43. The van der Waals surface area contributed by atoms with Crippen molar-refractivity contribution in [1.82, 2.24) is 0 Å². The zero-order chi connectivity index (χ0) is 24.3. The zero-order valence-electron chi connectivity index (χ0n) is 19.5. The summed E-state index contributed by atoms with van der Waals surface area (Å²) in [6, 6.07) is 39.3. The molecule has 35 heavy (non-hydrogen) atoms. The Balaban J connectivity index is 1.97. The number of aliphatic hydroxyl groups excluding tert-OH is 1. The smallest absolute Gasteiger partial charge is 0.323 e. The molecule has 5 rings (SSSR count). The van der Waals surface area contributed by atoms with Crippen LogP contribution in [0.5, 0.6) is 0 Å². The van der Waals surface area contributed by atoms with Crippen LogP contribution in [0.4, 0.5) is 0 Å². The van der Waals surface area contributed by atoms with Gasteiger partial charge in [0.2, 0.25) is 0 Å². The van der Waals surface area contributed by atoms with Crippen LogP contribution in [-0.4, -0.2) is 24.3 Å². The van der Waals surface area contributed by atoms with Crippen LogP contribution in [0.15, 0.2) is 127 Å². The Morgan fingerprint density at radius 1 is 0.686 bits per heavy atom. The summed E-state index contributed by atoms with van der Waals surface area (Å²) in [5.41, 5.74) is 4.47. The van der Waals surface area contributed by atoms with Gasteiger partial charge >= 0.3 is 5.97 Å². The predicted octanol–water partition coefficient (Wildman–Crippen LogP) is 6.17. The normalized spacial score (nSPS) is 19.7. The first-order chi connectivity index (χ1) is 17.2. The molecule has 3 heteroatoms. The highest BCUT2D eigenvalue weighted by atomic mass is 16.5. The van der Waals surface area contributed by atoms with Crippen molar-refractivity contribution in [3.05, 3.63) is 150 Å². The summed E-state index contributed by atoms with van der Waals surface area (Å²) in [6.07, 6.45) is 0.642. The third-order valence-electron chi connectivity index (χ3n) is 6.63. The fourth-order valence-corrected chi connectivity index (χ4v) is 5.10. The highest BCUT2D eigenvalue weighted by Crippen LogP contribution is 2.53. The second-order valence-electron chi connectivity index (χ2n) is 8.54. The maximum Gasteiger partial charge on any atom is 0.323 e. The quantitative estimate of drug-likeness (QED) is 0.364. The molecule has 0 aromatic heterocycles. The highest BCUT2D eigenvalue weighted by molar-refractivity contribution is 6.22. The maximum atomic E-state index is 13.9. The van der Waals surface area contributed by atoms with Crippen molar-refractivity contribution in [3.63, 3.8) is 0 Å². The fourth-order valence-electron chi connectivity index (χ4n) is 5.10. The summed E-state index contributed by atoms with van der Waals surface area (Å²) in [5, 5.41) is 11.9. The van der Waals surface area contributed by atoms with Gasteiger partial charge < -0.3 is 9.84 Å². The molecule has 0 saturated carbocycles. The fraction of sp³-hybridized carbons (Fsp3) is 0.0938. The SMILES string of the molecule is COC(=O)C1(c2ccccc2)C(c2ccccc2)=C(c2ccccc2)C(c2ccccc2)=CC1O. The number of rotatable bonds is 5. The molecule has 1 aliphatic rings. The van der Waals surface area contributed by atoms with Crippen molar-refractivity contribution >= 4 is 22.7 Å². The van der Waals surface area contributed by atoms with Crippen LogP contribution in [0, 0.1) is 0 Å². The Labute approximate surface area is 205 Å². The minimum atomic E-state index is -1.46. The number of benzene rings is 4. The van der Waals surface area contributed by atoms with Crippen molar-refractivity contribution in [1.29, 1.82) is 0 Å². The summed E-state index contributed by atoms with van der Waals surface area (Å²) in [4.78, 5) is 13.9. The van der Waals surface area contributed by atoms with Crippen LogP contribution in [0.1, 0.15) is 22.3 Å². The van der Waals surface area contributed by atoms with E-state index in [0.29, 0.717) is 5.56 Å². The lowest BCUT2D eigenvalue weighted by molar-refractivity contribution is -0.148. The van der Waals surface area contributed by atoms with E-state index < -0.39 is 17.5 Å². The van der Waals surface area contributed by atoms with Gasteiger partial charge in [0.05, 0.1) is 13.2 Å². The van der Waals surface area contributed by atoms with E-state index in [1.807, 2.05) is 121 Å². The molecule has 172 valence electrons. The molecule has 1 N–H and O–H groups in total. The predicted molar refractivity (Wildman–Crippen MR) is 140 cm³/mol. The van der Waals surface area contributed by atoms with Gasteiger partial charge in [0, 0.05) is 0 Å². The maximum absolute atomic E-state index is 13.9. The van der Waals surface area contributed by atoms with Crippen LogP contribution >= 0.6 is 0 Å². The van der Waals surface area contributed by atoms with E-state index in [1.165, 1.54) is 7.11 Å². The molecule has 0 radical (unpaired) electrons. The first-order valence-corrected chi connectivity index (χ1v) is 11.6. The molecule has 0 bridgehead atoms. The van der Waals surface area contributed by atoms with Gasteiger partial charge in [-0.15, -0.1) is 0 Å². The lowest BCUT2D eigenvalue weighted by Crippen LogP contribution is -2.49. The molecular formula is C32H26O3. The van der Waals surface area contributed by atoms with E-state index >= 15 is 0 Å². The Kier molecular flexibility index (Phi) is 6.17. The van der Waals surface area contributed by atoms with Gasteiger partial charge in [0.1, 0.15) is 5.41 Å². The molecule has 0 spiro atoms. The van der Waals surface area contributed by atoms with E-state index in [0.717, 1.165) is 33.4 Å². The van der Waals surface area contributed by atoms with Crippen molar-refractivity contribution in [2.45, 2.75) is 11.5 Å². The molecular weight excluding hydrogens is 432 g/mol. The second-order valence-corrected chi connectivity index (χ2v) is 8.54. The molecule has 4 aromatic carbocycles. The molecule has 2 unspecified atom stereocenters. The van der Waals surface area contributed by atoms with Gasteiger partial charge in [-0.05, 0) is 45.0 Å². The van der Waals surface area contributed by atoms with E-state index in [-0.39, 0.29) is 0 Å². The molecule has 0 fully saturated rings. The minimum Gasteiger partial charge on any atom is -0.468 e. The summed E-state index contributed by atoms with van der Waals surface area (Å²) >= 11 is 0. The van der Waals surface area contributed by atoms with Crippen LogP contribution in [0.25, 0.3) is 16.7 Å². The molecule has 0 heterocycles. The Hall–Kier alpha value is -4.21. The average Bonchev–Trinajstić information content (AvgIpc) is 2.94. The van der Waals surface area contributed by atoms with Crippen molar-refractivity contribution in [2.75, 3.05) is 7.11 Å². The van der Waals surface area contributed by atoms with Gasteiger partial charge in [-0.25, -0.2) is 0 Å². The topological polar surface area (TPSA) is 46.5 Å². The first kappa shape index (κ1) is 22.6. The van der Waals surface area contributed by atoms with Crippen LogP contribution in [0.2, 0.25) is 0 Å². The van der Waals surface area contributed by atoms with Crippen LogP contribution in [0.3, 0.4) is 0 Å². The van der Waals surface area contributed by atoms with Gasteiger partial charge in [0.25, 0.3) is 0 Å². The number of carbonyl (C=O) groups is 1. The zero-order valence-corrected chi connectivity index (χ0v) is 19.5. The molecule has 2 atom stereocenters. The Bertz CT molecular complexity index is 1370. The first-order valence-electron chi connectivity index (χ1n) is 11.6. The van der Waals surface area contributed by atoms with Crippen molar-refractivity contribution in [3.8, 4) is 0 Å². The largest absolute Gasteiger partial charge is 0.468 e. The molecule has 1 aliphatic carbocycles. The molecule has 0 saturated heterocycles. The van der Waals surface area contributed by atoms with Crippen LogP contribution < -0.4 is 0 Å². The summed E-state index contributed by atoms with van der Waals surface area (Å²) in [6.45, 7) is 0. The summed E-state index contributed by atoms with van der Waals surface area (Å²) in [5.74, 6) is -0.508. The average molecular weight is 459 g/mol. The number of allylic oxidation sites excluding steroid dienone is 2. The number of carbonyl (C=O) groups excluding carboxylic acids is 1. The van der Waals surface area contributed by atoms with E-state index in [9.17, 15) is 9.90 Å². The molecule has 3 nitrogen and oxygen atoms in total. The summed E-state index contributed by atoms with van der Waals surface area (Å²) in [7, 11) is 1.38. The highest BCUT2D eigenvalue weighted by Gasteiger charge is 2.54. The van der Waals surface area contributed by atoms with Crippen molar-refractivity contribution in [2.24, 2.45) is 0 Å². The number of esters is 1. The van der Waals surface area contributed by atoms with Gasteiger partial charge in [-0.1, -0.05) is 121 Å². The standard InChI is InChI=1S/C32H26O3/c1-35-31(34)32(26-20-12-5-13-21-26)28(33)22-27(23-14-6-2-7-15-23)29(24-16-8-3-9-17-24)30(32)25-18-10-4-11-19-25/h2-22,28,33H,1H3. The number of hydrogen-bond donors (Lipinski definition) is 1. The van der Waals surface area contributed by atoms with Crippen LogP contribution in [-0.2, 0) is 14.9 Å². The monoisotopic (exact) mass is 458 g/mol. The lowest BCUT2D eigenvalue weighted by Gasteiger charge is -2.42. The second kappa shape index (κ2) is 9.57. The third kappa shape index (κ3) is 3.80. The van der Waals surface area contributed by atoms with E-state index in [4.69, 9.17) is 4.74 Å². The Morgan fingerprint density at radius 3 is 1.66 bits per heavy atom. The Morgan fingerprint density at radius 2 is 1.14 bits per heavy atom. The van der Waals surface area contributed by atoms with Gasteiger partial charge in [-0.2, -0.15) is 0 Å². The van der Waals surface area contributed by atoms with Gasteiger partial charge in [-0.3, -0.25) is 4.79 Å². The molecule has 0 aliphatic heterocycles. The number of aliphatic hydroxyl groups is 1. The third-order valence-corrected chi connectivity index (χ3v) is 6.63. The van der Waals surface area contributed by atoms with Crippen molar-refractivity contribution < 1.29 is 14.6 Å². The lowest BCUT2D eigenvalue weighted by atomic mass is 9.61. The molecule has 0 amide bonds. The van der Waals surface area contributed by atoms with E-state index in [2.05, 4.69) is 0 Å².